The van der Waals surface area contributed by atoms with Crippen molar-refractivity contribution in [1.82, 2.24) is 0 Å². The number of carbonyl (C=O) groups is 3. The fourth-order valence-electron chi connectivity index (χ4n) is 1.26. The lowest BCUT2D eigenvalue weighted by atomic mass is 10.2. The number of rotatable bonds is 7. The number of carboxylic acid groups (broad SMARTS) is 1. The van der Waals surface area contributed by atoms with Gasteiger partial charge in [-0.2, -0.15) is 11.8 Å². The van der Waals surface area contributed by atoms with Crippen LogP contribution < -0.4 is 11.1 Å². The maximum Gasteiger partial charge on any atom is 0.335 e. The summed E-state index contributed by atoms with van der Waals surface area (Å²) in [6.45, 7) is 0. The molecule has 0 saturated heterocycles. The summed E-state index contributed by atoms with van der Waals surface area (Å²) in [4.78, 5) is 32.6. The van der Waals surface area contributed by atoms with Crippen molar-refractivity contribution in [2.75, 3.05) is 16.8 Å². The number of thioether (sulfide) groups is 1. The van der Waals surface area contributed by atoms with Gasteiger partial charge < -0.3 is 16.2 Å². The van der Waals surface area contributed by atoms with Crippen LogP contribution in [0.4, 0.5) is 5.69 Å². The van der Waals surface area contributed by atoms with Crippen LogP contribution in [0, 0.1) is 0 Å². The van der Waals surface area contributed by atoms with Gasteiger partial charge in [0.1, 0.15) is 0 Å². The number of carboxylic acids is 1. The molecule has 0 aliphatic heterocycles. The molecule has 0 bridgehead atoms. The Hall–Kier alpha value is -2.02. The van der Waals surface area contributed by atoms with E-state index in [1.165, 1.54) is 36.0 Å². The van der Waals surface area contributed by atoms with E-state index in [1.807, 2.05) is 0 Å². The van der Waals surface area contributed by atoms with Gasteiger partial charge in [0.2, 0.25) is 11.8 Å². The molecule has 0 atom stereocenters. The Labute approximate surface area is 114 Å². The van der Waals surface area contributed by atoms with E-state index in [0.29, 0.717) is 11.4 Å². The quantitative estimate of drug-likeness (QED) is 0.644. The highest BCUT2D eigenvalue weighted by Crippen LogP contribution is 2.10. The molecule has 4 N–H and O–H groups in total. The van der Waals surface area contributed by atoms with Gasteiger partial charge in [0.15, 0.2) is 0 Å². The molecule has 1 aromatic carbocycles. The van der Waals surface area contributed by atoms with Crippen molar-refractivity contribution >= 4 is 35.2 Å². The molecular formula is C12H14N2O4S. The van der Waals surface area contributed by atoms with E-state index in [9.17, 15) is 14.4 Å². The zero-order valence-electron chi connectivity index (χ0n) is 10.1. The Morgan fingerprint density at radius 2 is 1.84 bits per heavy atom. The first kappa shape index (κ1) is 15.0. The predicted octanol–water partition coefficient (Wildman–Crippen LogP) is 0.932. The number of nitrogens with two attached hydrogens (primary N) is 1. The fraction of sp³-hybridized carbons (Fsp3) is 0.250. The lowest BCUT2D eigenvalue weighted by molar-refractivity contribution is -0.116. The molecule has 7 heteroatoms. The minimum Gasteiger partial charge on any atom is -0.478 e. The number of carbonyl (C=O) groups excluding carboxylic acids is 2. The lowest BCUT2D eigenvalue weighted by Gasteiger charge is -2.05. The van der Waals surface area contributed by atoms with Crippen molar-refractivity contribution in [2.24, 2.45) is 5.73 Å². The van der Waals surface area contributed by atoms with Crippen LogP contribution in [0.3, 0.4) is 0 Å². The third-order valence-electron chi connectivity index (χ3n) is 2.13. The highest BCUT2D eigenvalue weighted by atomic mass is 32.2. The first-order chi connectivity index (χ1) is 8.99. The summed E-state index contributed by atoms with van der Waals surface area (Å²) in [7, 11) is 0. The van der Waals surface area contributed by atoms with Gasteiger partial charge in [-0.15, -0.1) is 0 Å². The first-order valence-electron chi connectivity index (χ1n) is 5.48. The number of amides is 2. The van der Waals surface area contributed by atoms with Crippen LogP contribution in [0.2, 0.25) is 0 Å². The number of benzene rings is 1. The van der Waals surface area contributed by atoms with E-state index in [0.717, 1.165) is 0 Å². The smallest absolute Gasteiger partial charge is 0.335 e. The van der Waals surface area contributed by atoms with Crippen molar-refractivity contribution in [3.8, 4) is 0 Å². The molecular weight excluding hydrogens is 268 g/mol. The summed E-state index contributed by atoms with van der Waals surface area (Å²) < 4.78 is 0. The molecule has 0 radical (unpaired) electrons. The minimum absolute atomic E-state index is 0.162. The third-order valence-corrected chi connectivity index (χ3v) is 3.11. The van der Waals surface area contributed by atoms with Crippen molar-refractivity contribution in [1.29, 1.82) is 0 Å². The van der Waals surface area contributed by atoms with Crippen LogP contribution >= 0.6 is 11.8 Å². The molecule has 19 heavy (non-hydrogen) atoms. The summed E-state index contributed by atoms with van der Waals surface area (Å²) in [5.74, 6) is -0.918. The van der Waals surface area contributed by atoms with E-state index >= 15 is 0 Å². The van der Waals surface area contributed by atoms with Crippen LogP contribution in [0.15, 0.2) is 24.3 Å². The SMILES string of the molecule is NC(=O)CSCCC(=O)Nc1ccc(C(=O)O)cc1. The minimum atomic E-state index is -1.01. The van der Waals surface area contributed by atoms with Gasteiger partial charge in [0, 0.05) is 17.9 Å². The highest BCUT2D eigenvalue weighted by Gasteiger charge is 2.05. The molecule has 0 saturated carbocycles. The molecule has 1 aromatic rings. The van der Waals surface area contributed by atoms with Crippen LogP contribution in [0.1, 0.15) is 16.8 Å². The fourth-order valence-corrected chi connectivity index (χ4v) is 1.93. The Morgan fingerprint density at radius 3 is 2.37 bits per heavy atom. The summed E-state index contributed by atoms with van der Waals surface area (Å²) in [5, 5.41) is 11.4. The van der Waals surface area contributed by atoms with Gasteiger partial charge in [-0.05, 0) is 24.3 Å². The van der Waals surface area contributed by atoms with Crippen LogP contribution in [-0.4, -0.2) is 34.4 Å². The van der Waals surface area contributed by atoms with E-state index in [1.54, 1.807) is 0 Å². The number of aromatic carboxylic acids is 1. The molecule has 0 aromatic heterocycles. The lowest BCUT2D eigenvalue weighted by Crippen LogP contribution is -2.15. The second kappa shape index (κ2) is 7.42. The van der Waals surface area contributed by atoms with Crippen molar-refractivity contribution < 1.29 is 19.5 Å². The van der Waals surface area contributed by atoms with E-state index in [4.69, 9.17) is 10.8 Å². The first-order valence-corrected chi connectivity index (χ1v) is 6.64. The second-order valence-corrected chi connectivity index (χ2v) is 4.80. The Kier molecular flexibility index (Phi) is 5.87. The van der Waals surface area contributed by atoms with Gasteiger partial charge in [-0.3, -0.25) is 9.59 Å². The normalized spacial score (nSPS) is 9.89. The Bertz CT molecular complexity index is 473. The summed E-state index contributed by atoms with van der Waals surface area (Å²) in [5.41, 5.74) is 5.66. The third kappa shape index (κ3) is 5.91. The van der Waals surface area contributed by atoms with Crippen molar-refractivity contribution in [3.63, 3.8) is 0 Å². The average molecular weight is 282 g/mol. The number of anilines is 1. The standard InChI is InChI=1S/C12H14N2O4S/c13-10(15)7-19-6-5-11(16)14-9-3-1-8(2-4-9)12(17)18/h1-4H,5-7H2,(H2,13,15)(H,14,16)(H,17,18). The topological polar surface area (TPSA) is 109 Å². The molecule has 0 unspecified atom stereocenters. The highest BCUT2D eigenvalue weighted by molar-refractivity contribution is 7.99. The molecule has 0 aliphatic carbocycles. The zero-order valence-corrected chi connectivity index (χ0v) is 10.9. The molecule has 0 aliphatic rings. The molecule has 2 amide bonds. The van der Waals surface area contributed by atoms with Crippen molar-refractivity contribution in [3.05, 3.63) is 29.8 Å². The van der Waals surface area contributed by atoms with Crippen LogP contribution in [0.5, 0.6) is 0 Å². The summed E-state index contributed by atoms with van der Waals surface area (Å²) >= 11 is 1.29. The van der Waals surface area contributed by atoms with Crippen LogP contribution in [0.25, 0.3) is 0 Å². The Balaban J connectivity index is 2.35. The summed E-state index contributed by atoms with van der Waals surface area (Å²) in [6.07, 6.45) is 0.263. The second-order valence-electron chi connectivity index (χ2n) is 3.70. The summed E-state index contributed by atoms with van der Waals surface area (Å²) in [6, 6.07) is 5.88. The molecule has 0 spiro atoms. The predicted molar refractivity (Wildman–Crippen MR) is 73.2 cm³/mol. The molecule has 0 heterocycles. The number of primary amides is 1. The average Bonchev–Trinajstić information content (AvgIpc) is 2.35. The maximum atomic E-state index is 11.5. The number of hydrogen-bond donors (Lipinski definition) is 3. The van der Waals surface area contributed by atoms with E-state index in [-0.39, 0.29) is 23.6 Å². The number of hydrogen-bond acceptors (Lipinski definition) is 4. The van der Waals surface area contributed by atoms with Gasteiger partial charge in [-0.25, -0.2) is 4.79 Å². The largest absolute Gasteiger partial charge is 0.478 e. The number of nitrogens with one attached hydrogen (secondary N) is 1. The van der Waals surface area contributed by atoms with Crippen LogP contribution in [-0.2, 0) is 9.59 Å². The molecule has 1 rings (SSSR count). The zero-order chi connectivity index (χ0) is 14.3. The monoisotopic (exact) mass is 282 g/mol. The van der Waals surface area contributed by atoms with Gasteiger partial charge in [0.05, 0.1) is 11.3 Å². The molecule has 6 nitrogen and oxygen atoms in total. The van der Waals surface area contributed by atoms with Gasteiger partial charge in [-0.1, -0.05) is 0 Å². The van der Waals surface area contributed by atoms with E-state index in [2.05, 4.69) is 5.32 Å². The van der Waals surface area contributed by atoms with Gasteiger partial charge >= 0.3 is 5.97 Å². The maximum absolute atomic E-state index is 11.5. The van der Waals surface area contributed by atoms with Crippen molar-refractivity contribution in [2.45, 2.75) is 6.42 Å². The van der Waals surface area contributed by atoms with Gasteiger partial charge in [0.25, 0.3) is 0 Å². The molecule has 0 fully saturated rings. The Morgan fingerprint density at radius 1 is 1.21 bits per heavy atom. The van der Waals surface area contributed by atoms with E-state index < -0.39 is 11.9 Å². The molecule has 102 valence electrons.